The summed E-state index contributed by atoms with van der Waals surface area (Å²) in [6.07, 6.45) is 1.92. The first-order valence-corrected chi connectivity index (χ1v) is 4.20. The lowest BCUT2D eigenvalue weighted by Gasteiger charge is -1.96. The number of aromatic nitrogens is 2. The van der Waals surface area contributed by atoms with Crippen molar-refractivity contribution in [1.29, 1.82) is 0 Å². The molecular weight excluding hydrogens is 160 g/mol. The number of rotatable bonds is 1. The maximum absolute atomic E-state index is 4.29. The lowest BCUT2D eigenvalue weighted by atomic mass is 10.1. The lowest BCUT2D eigenvalue weighted by Crippen LogP contribution is -1.85. The van der Waals surface area contributed by atoms with Gasteiger partial charge in [0.15, 0.2) is 0 Å². The normalized spacial score (nSPS) is 10.3. The molecule has 2 nitrogen and oxygen atoms in total. The van der Waals surface area contributed by atoms with Gasteiger partial charge in [-0.15, -0.1) is 0 Å². The monoisotopic (exact) mass is 171 g/mol. The van der Waals surface area contributed by atoms with Crippen LogP contribution in [0.3, 0.4) is 0 Å². The average Bonchev–Trinajstić information content (AvgIpc) is 2.47. The van der Waals surface area contributed by atoms with Crippen LogP contribution >= 0.6 is 0 Å². The second-order valence-electron chi connectivity index (χ2n) is 3.07. The highest BCUT2D eigenvalue weighted by molar-refractivity contribution is 5.62. The van der Waals surface area contributed by atoms with Gasteiger partial charge < -0.3 is 0 Å². The van der Waals surface area contributed by atoms with Gasteiger partial charge in [0, 0.05) is 11.8 Å². The van der Waals surface area contributed by atoms with Crippen LogP contribution in [0, 0.1) is 14.0 Å². The third-order valence-electron chi connectivity index (χ3n) is 1.99. The molecule has 1 radical (unpaired) electrons. The Labute approximate surface area is 77.8 Å². The molecule has 0 aliphatic rings. The smallest absolute Gasteiger partial charge is 0.0952 e. The summed E-state index contributed by atoms with van der Waals surface area (Å²) in [7, 11) is 3.73. The van der Waals surface area contributed by atoms with Crippen LogP contribution in [0.5, 0.6) is 0 Å². The Morgan fingerprint density at radius 3 is 2.46 bits per heavy atom. The van der Waals surface area contributed by atoms with Crippen LogP contribution in [0.1, 0.15) is 5.56 Å². The van der Waals surface area contributed by atoms with Crippen molar-refractivity contribution in [3.63, 3.8) is 0 Å². The first kappa shape index (κ1) is 8.05. The van der Waals surface area contributed by atoms with Crippen molar-refractivity contribution < 1.29 is 0 Å². The highest BCUT2D eigenvalue weighted by Gasteiger charge is 2.04. The second-order valence-corrected chi connectivity index (χ2v) is 3.07. The summed E-state index contributed by atoms with van der Waals surface area (Å²) in [5.74, 6) is 0. The zero-order chi connectivity index (χ0) is 9.26. The zero-order valence-corrected chi connectivity index (χ0v) is 7.57. The topological polar surface area (TPSA) is 17.8 Å². The van der Waals surface area contributed by atoms with E-state index < -0.39 is 0 Å². The third kappa shape index (κ3) is 1.47. The fourth-order valence-electron chi connectivity index (χ4n) is 1.40. The number of benzene rings is 1. The van der Waals surface area contributed by atoms with Crippen LogP contribution in [-0.4, -0.2) is 9.78 Å². The Bertz CT molecular complexity index is 401. The molecule has 2 rings (SSSR count). The summed E-state index contributed by atoms with van der Waals surface area (Å²) >= 11 is 0. The molecule has 13 heavy (non-hydrogen) atoms. The van der Waals surface area contributed by atoms with Crippen LogP contribution in [0.15, 0.2) is 36.5 Å². The number of hydrogen-bond donors (Lipinski definition) is 0. The maximum Gasteiger partial charge on any atom is 0.0952 e. The molecular formula is C11H11N2. The van der Waals surface area contributed by atoms with Gasteiger partial charge in [0.05, 0.1) is 12.7 Å². The summed E-state index contributed by atoms with van der Waals surface area (Å²) in [5.41, 5.74) is 3.30. The van der Waals surface area contributed by atoms with Gasteiger partial charge >= 0.3 is 0 Å². The van der Waals surface area contributed by atoms with E-state index >= 15 is 0 Å². The summed E-state index contributed by atoms with van der Waals surface area (Å²) in [6.45, 7) is 2.04. The van der Waals surface area contributed by atoms with Crippen LogP contribution < -0.4 is 0 Å². The molecule has 0 fully saturated rings. The van der Waals surface area contributed by atoms with Gasteiger partial charge in [-0.2, -0.15) is 5.10 Å². The van der Waals surface area contributed by atoms with Gasteiger partial charge in [-0.25, -0.2) is 0 Å². The Hall–Kier alpha value is -1.57. The SMILES string of the molecule is [CH2]n1cc(C)c(-c2ccccc2)n1. The van der Waals surface area contributed by atoms with Crippen LogP contribution in [0.4, 0.5) is 0 Å². The van der Waals surface area contributed by atoms with E-state index in [4.69, 9.17) is 0 Å². The summed E-state index contributed by atoms with van der Waals surface area (Å²) < 4.78 is 1.59. The van der Waals surface area contributed by atoms with Gasteiger partial charge in [0.1, 0.15) is 0 Å². The van der Waals surface area contributed by atoms with E-state index in [1.54, 1.807) is 4.68 Å². The Morgan fingerprint density at radius 2 is 1.92 bits per heavy atom. The summed E-state index contributed by atoms with van der Waals surface area (Å²) in [5, 5.41) is 4.29. The third-order valence-corrected chi connectivity index (χ3v) is 1.99. The van der Waals surface area contributed by atoms with Gasteiger partial charge in [0.25, 0.3) is 0 Å². The average molecular weight is 171 g/mol. The van der Waals surface area contributed by atoms with Gasteiger partial charge in [-0.1, -0.05) is 30.3 Å². The molecule has 0 amide bonds. The Balaban J connectivity index is 2.53. The van der Waals surface area contributed by atoms with E-state index in [9.17, 15) is 0 Å². The minimum absolute atomic E-state index is 1.01. The van der Waals surface area contributed by atoms with E-state index in [2.05, 4.69) is 24.3 Å². The van der Waals surface area contributed by atoms with Crippen LogP contribution in [0.25, 0.3) is 11.3 Å². The highest BCUT2D eigenvalue weighted by Crippen LogP contribution is 2.20. The minimum atomic E-state index is 1.01. The van der Waals surface area contributed by atoms with E-state index in [-0.39, 0.29) is 0 Å². The van der Waals surface area contributed by atoms with Gasteiger partial charge in [-0.05, 0) is 12.5 Å². The molecule has 65 valence electrons. The van der Waals surface area contributed by atoms with E-state index in [1.807, 2.05) is 31.3 Å². The molecule has 0 aliphatic carbocycles. The first-order valence-electron chi connectivity index (χ1n) is 4.20. The molecule has 2 aromatic rings. The van der Waals surface area contributed by atoms with Crippen molar-refractivity contribution in [3.05, 3.63) is 49.1 Å². The molecule has 0 unspecified atom stereocenters. The van der Waals surface area contributed by atoms with Crippen LogP contribution in [0.2, 0.25) is 0 Å². The standard InChI is InChI=1S/C11H11N2/c1-9-8-13(2)12-11(9)10-6-4-3-5-7-10/h3-8H,2H2,1H3. The molecule has 0 bridgehead atoms. The number of hydrogen-bond acceptors (Lipinski definition) is 1. The van der Waals surface area contributed by atoms with Crippen molar-refractivity contribution in [2.75, 3.05) is 0 Å². The van der Waals surface area contributed by atoms with E-state index in [0.29, 0.717) is 0 Å². The fourth-order valence-corrected chi connectivity index (χ4v) is 1.40. The molecule has 1 heterocycles. The van der Waals surface area contributed by atoms with Crippen molar-refractivity contribution in [2.24, 2.45) is 0 Å². The maximum atomic E-state index is 4.29. The summed E-state index contributed by atoms with van der Waals surface area (Å²) in [6, 6.07) is 10.1. The highest BCUT2D eigenvalue weighted by atomic mass is 15.2. The predicted octanol–water partition coefficient (Wildman–Crippen LogP) is 2.50. The molecule has 2 heteroatoms. The van der Waals surface area contributed by atoms with Crippen LogP contribution in [-0.2, 0) is 0 Å². The van der Waals surface area contributed by atoms with Crippen molar-refractivity contribution in [1.82, 2.24) is 9.78 Å². The molecule has 0 aliphatic heterocycles. The molecule has 0 N–H and O–H groups in total. The lowest BCUT2D eigenvalue weighted by molar-refractivity contribution is 0.881. The summed E-state index contributed by atoms with van der Waals surface area (Å²) in [4.78, 5) is 0. The second kappa shape index (κ2) is 3.05. The Morgan fingerprint density at radius 1 is 1.23 bits per heavy atom. The van der Waals surface area contributed by atoms with Gasteiger partial charge in [-0.3, -0.25) is 4.68 Å². The van der Waals surface area contributed by atoms with E-state index in [1.165, 1.54) is 0 Å². The van der Waals surface area contributed by atoms with Crippen molar-refractivity contribution >= 4 is 0 Å². The zero-order valence-electron chi connectivity index (χ0n) is 7.57. The largest absolute Gasteiger partial charge is 0.270 e. The quantitative estimate of drug-likeness (QED) is 0.644. The molecule has 0 spiro atoms. The predicted molar refractivity (Wildman–Crippen MR) is 53.2 cm³/mol. The Kier molecular flexibility index (Phi) is 1.89. The molecule has 1 aromatic heterocycles. The molecule has 1 aromatic carbocycles. The van der Waals surface area contributed by atoms with Gasteiger partial charge in [0.2, 0.25) is 0 Å². The van der Waals surface area contributed by atoms with E-state index in [0.717, 1.165) is 16.8 Å². The fraction of sp³-hybridized carbons (Fsp3) is 0.0909. The first-order chi connectivity index (χ1) is 6.27. The van der Waals surface area contributed by atoms with Crippen molar-refractivity contribution in [2.45, 2.75) is 6.92 Å². The number of aryl methyl sites for hydroxylation is 1. The van der Waals surface area contributed by atoms with Crippen molar-refractivity contribution in [3.8, 4) is 11.3 Å². The number of nitrogens with zero attached hydrogens (tertiary/aromatic N) is 2. The molecule has 0 saturated carbocycles. The molecule has 0 atom stereocenters. The molecule has 0 saturated heterocycles. The minimum Gasteiger partial charge on any atom is -0.270 e.